The molecule has 0 saturated heterocycles. The number of allylic oxidation sites excluding steroid dienone is 1. The van der Waals surface area contributed by atoms with Crippen LogP contribution in [0.4, 0.5) is 0 Å². The van der Waals surface area contributed by atoms with Gasteiger partial charge in [-0.25, -0.2) is 0 Å². The highest BCUT2D eigenvalue weighted by Crippen LogP contribution is 2.34. The summed E-state index contributed by atoms with van der Waals surface area (Å²) < 4.78 is 11.3. The van der Waals surface area contributed by atoms with Crippen LogP contribution in [0, 0.1) is 0 Å². The summed E-state index contributed by atoms with van der Waals surface area (Å²) in [4.78, 5) is 14.1. The number of nitrogens with zero attached hydrogens (tertiary/aromatic N) is 1. The molecule has 1 aromatic carbocycles. The zero-order valence-corrected chi connectivity index (χ0v) is 13.9. The Bertz CT molecular complexity index is 574. The third-order valence-electron chi connectivity index (χ3n) is 3.60. The molecule has 4 heteroatoms. The number of carbonyl (C=O) groups is 1. The molecule has 1 heterocycles. The van der Waals surface area contributed by atoms with Gasteiger partial charge in [0.15, 0.2) is 11.5 Å². The van der Waals surface area contributed by atoms with Crippen LogP contribution in [0.3, 0.4) is 0 Å². The molecule has 120 valence electrons. The van der Waals surface area contributed by atoms with Gasteiger partial charge in [-0.15, -0.1) is 0 Å². The minimum absolute atomic E-state index is 0.0810. The summed E-state index contributed by atoms with van der Waals surface area (Å²) in [5, 5.41) is 0. The molecule has 0 aromatic heterocycles. The zero-order chi connectivity index (χ0) is 16.1. The maximum absolute atomic E-state index is 12.2. The van der Waals surface area contributed by atoms with E-state index in [9.17, 15) is 4.79 Å². The van der Waals surface area contributed by atoms with Gasteiger partial charge in [0.2, 0.25) is 5.91 Å². The van der Waals surface area contributed by atoms with Crippen LogP contribution >= 0.6 is 0 Å². The van der Waals surface area contributed by atoms with Gasteiger partial charge in [-0.1, -0.05) is 5.57 Å². The van der Waals surface area contributed by atoms with Crippen molar-refractivity contribution in [1.29, 1.82) is 0 Å². The predicted molar refractivity (Wildman–Crippen MR) is 87.3 cm³/mol. The molecule has 0 saturated carbocycles. The van der Waals surface area contributed by atoms with Crippen LogP contribution in [0.2, 0.25) is 0 Å². The van der Waals surface area contributed by atoms with Crippen LogP contribution in [-0.4, -0.2) is 30.6 Å². The largest absolute Gasteiger partial charge is 0.490 e. The third kappa shape index (κ3) is 3.81. The molecule has 1 aliphatic heterocycles. The monoisotopic (exact) mass is 303 g/mol. The van der Waals surface area contributed by atoms with Crippen molar-refractivity contribution in [2.24, 2.45) is 0 Å². The van der Waals surface area contributed by atoms with Gasteiger partial charge >= 0.3 is 0 Å². The molecular weight excluding hydrogens is 278 g/mol. The van der Waals surface area contributed by atoms with E-state index in [-0.39, 0.29) is 5.91 Å². The Balaban J connectivity index is 2.25. The van der Waals surface area contributed by atoms with Crippen molar-refractivity contribution in [1.82, 2.24) is 4.90 Å². The van der Waals surface area contributed by atoms with Crippen LogP contribution in [0.15, 0.2) is 23.8 Å². The predicted octanol–water partition coefficient (Wildman–Crippen LogP) is 3.33. The summed E-state index contributed by atoms with van der Waals surface area (Å²) in [5.41, 5.74) is 3.42. The molecule has 4 nitrogen and oxygen atoms in total. The van der Waals surface area contributed by atoms with E-state index in [1.54, 1.807) is 6.08 Å². The van der Waals surface area contributed by atoms with Gasteiger partial charge in [0.05, 0.1) is 13.2 Å². The first-order valence-electron chi connectivity index (χ1n) is 7.90. The molecule has 0 spiro atoms. The summed E-state index contributed by atoms with van der Waals surface area (Å²) in [6.45, 7) is 10.4. The van der Waals surface area contributed by atoms with E-state index >= 15 is 0 Å². The second kappa shape index (κ2) is 7.34. The Kier molecular flexibility index (Phi) is 5.47. The quantitative estimate of drug-likeness (QED) is 0.783. The number of benzene rings is 1. The first kappa shape index (κ1) is 16.4. The van der Waals surface area contributed by atoms with E-state index in [0.717, 1.165) is 35.6 Å². The Labute approximate surface area is 132 Å². The molecule has 0 bridgehead atoms. The molecule has 1 aromatic rings. The number of amides is 1. The van der Waals surface area contributed by atoms with Crippen LogP contribution in [0.25, 0.3) is 0 Å². The second-order valence-electron chi connectivity index (χ2n) is 5.67. The summed E-state index contributed by atoms with van der Waals surface area (Å²) in [6, 6.07) is 4.08. The van der Waals surface area contributed by atoms with Crippen molar-refractivity contribution >= 4 is 5.91 Å². The Morgan fingerprint density at radius 2 is 1.73 bits per heavy atom. The summed E-state index contributed by atoms with van der Waals surface area (Å²) in [5.74, 6) is 1.64. The summed E-state index contributed by atoms with van der Waals surface area (Å²) in [7, 11) is 0. The fourth-order valence-electron chi connectivity index (χ4n) is 2.63. The standard InChI is InChI=1S/C18H25NO3/c1-5-21-16-10-14-7-8-19(18(20)9-13(3)4)12-15(14)11-17(16)22-6-2/h9-11H,5-8,12H2,1-4H3. The topological polar surface area (TPSA) is 38.8 Å². The molecule has 22 heavy (non-hydrogen) atoms. The van der Waals surface area contributed by atoms with Crippen LogP contribution in [0.1, 0.15) is 38.8 Å². The van der Waals surface area contributed by atoms with E-state index < -0.39 is 0 Å². The number of carbonyl (C=O) groups excluding carboxylic acids is 1. The lowest BCUT2D eigenvalue weighted by molar-refractivity contribution is -0.126. The zero-order valence-electron chi connectivity index (χ0n) is 13.9. The fourth-order valence-corrected chi connectivity index (χ4v) is 2.63. The highest BCUT2D eigenvalue weighted by atomic mass is 16.5. The van der Waals surface area contributed by atoms with Gasteiger partial charge in [0.25, 0.3) is 0 Å². The molecule has 0 unspecified atom stereocenters. The molecular formula is C18H25NO3. The third-order valence-corrected chi connectivity index (χ3v) is 3.60. The number of rotatable bonds is 5. The number of hydrogen-bond donors (Lipinski definition) is 0. The lowest BCUT2D eigenvalue weighted by atomic mass is 9.98. The van der Waals surface area contributed by atoms with E-state index in [1.807, 2.05) is 38.7 Å². The van der Waals surface area contributed by atoms with Crippen molar-refractivity contribution in [3.63, 3.8) is 0 Å². The SMILES string of the molecule is CCOc1cc2c(cc1OCC)CN(C(=O)C=C(C)C)CC2. The lowest BCUT2D eigenvalue weighted by Gasteiger charge is -2.29. The van der Waals surface area contributed by atoms with E-state index in [0.29, 0.717) is 19.8 Å². The summed E-state index contributed by atoms with van der Waals surface area (Å²) >= 11 is 0. The molecule has 0 atom stereocenters. The van der Waals surface area contributed by atoms with E-state index in [1.165, 1.54) is 5.56 Å². The van der Waals surface area contributed by atoms with Gasteiger partial charge < -0.3 is 14.4 Å². The summed E-state index contributed by atoms with van der Waals surface area (Å²) in [6.07, 6.45) is 2.55. The van der Waals surface area contributed by atoms with Crippen LogP contribution in [0.5, 0.6) is 11.5 Å². The molecule has 1 amide bonds. The van der Waals surface area contributed by atoms with Crippen molar-refractivity contribution in [3.8, 4) is 11.5 Å². The van der Waals surface area contributed by atoms with Crippen molar-refractivity contribution in [2.75, 3.05) is 19.8 Å². The van der Waals surface area contributed by atoms with Crippen LogP contribution < -0.4 is 9.47 Å². The number of ether oxygens (including phenoxy) is 2. The van der Waals surface area contributed by atoms with Gasteiger partial charge in [0, 0.05) is 19.2 Å². The second-order valence-corrected chi connectivity index (χ2v) is 5.67. The molecule has 0 radical (unpaired) electrons. The average molecular weight is 303 g/mol. The molecule has 1 aliphatic rings. The minimum Gasteiger partial charge on any atom is -0.490 e. The minimum atomic E-state index is 0.0810. The van der Waals surface area contributed by atoms with E-state index in [2.05, 4.69) is 6.07 Å². The van der Waals surface area contributed by atoms with Gasteiger partial charge in [-0.3, -0.25) is 4.79 Å². The lowest BCUT2D eigenvalue weighted by Crippen LogP contribution is -2.35. The maximum atomic E-state index is 12.2. The van der Waals surface area contributed by atoms with Crippen molar-refractivity contribution < 1.29 is 14.3 Å². The average Bonchev–Trinajstić information content (AvgIpc) is 2.47. The molecule has 0 aliphatic carbocycles. The number of fused-ring (bicyclic) bond motifs is 1. The van der Waals surface area contributed by atoms with E-state index in [4.69, 9.17) is 9.47 Å². The van der Waals surface area contributed by atoms with Gasteiger partial charge in [-0.05, 0) is 57.4 Å². The fraction of sp³-hybridized carbons (Fsp3) is 0.500. The van der Waals surface area contributed by atoms with Gasteiger partial charge in [-0.2, -0.15) is 0 Å². The molecule has 0 fully saturated rings. The van der Waals surface area contributed by atoms with Crippen molar-refractivity contribution in [3.05, 3.63) is 34.9 Å². The Morgan fingerprint density at radius 3 is 2.27 bits per heavy atom. The molecule has 2 rings (SSSR count). The van der Waals surface area contributed by atoms with Crippen LogP contribution in [-0.2, 0) is 17.8 Å². The van der Waals surface area contributed by atoms with Crippen molar-refractivity contribution in [2.45, 2.75) is 40.7 Å². The normalized spacial score (nSPS) is 13.4. The first-order chi connectivity index (χ1) is 10.5. The Morgan fingerprint density at radius 1 is 1.14 bits per heavy atom. The molecule has 0 N–H and O–H groups in total. The number of hydrogen-bond acceptors (Lipinski definition) is 3. The first-order valence-corrected chi connectivity index (χ1v) is 7.90. The maximum Gasteiger partial charge on any atom is 0.246 e. The highest BCUT2D eigenvalue weighted by Gasteiger charge is 2.22. The smallest absolute Gasteiger partial charge is 0.246 e. The highest BCUT2D eigenvalue weighted by molar-refractivity contribution is 5.88. The van der Waals surface area contributed by atoms with Gasteiger partial charge in [0.1, 0.15) is 0 Å². The Hall–Kier alpha value is -1.97.